The fourth-order valence-electron chi connectivity index (χ4n) is 3.88. The monoisotopic (exact) mass is 415 g/mol. The number of rotatable bonds is 8. The second-order valence-corrected chi connectivity index (χ2v) is 9.10. The van der Waals surface area contributed by atoms with E-state index in [0.29, 0.717) is 19.5 Å². The maximum atomic E-state index is 12.5. The highest BCUT2D eigenvalue weighted by Crippen LogP contribution is 2.33. The van der Waals surface area contributed by atoms with E-state index in [4.69, 9.17) is 9.47 Å². The van der Waals surface area contributed by atoms with Crippen LogP contribution in [0.2, 0.25) is 0 Å². The van der Waals surface area contributed by atoms with Gasteiger partial charge in [-0.3, -0.25) is 9.69 Å². The number of fused-ring (bicyclic) bond motifs is 1. The van der Waals surface area contributed by atoms with Crippen molar-refractivity contribution >= 4 is 11.9 Å². The molecule has 4 N–H and O–H groups in total. The highest BCUT2D eigenvalue weighted by Gasteiger charge is 2.54. The zero-order valence-electron chi connectivity index (χ0n) is 17.7. The smallest absolute Gasteiger partial charge is 0.344 e. The van der Waals surface area contributed by atoms with Crippen molar-refractivity contribution < 1.29 is 39.5 Å². The molecular formula is C20H33NO8. The molecule has 2 aliphatic rings. The topological polar surface area (TPSA) is 137 Å². The molecule has 1 fully saturated rings. The van der Waals surface area contributed by atoms with Gasteiger partial charge in [-0.2, -0.15) is 0 Å². The van der Waals surface area contributed by atoms with E-state index in [1.54, 1.807) is 0 Å². The summed E-state index contributed by atoms with van der Waals surface area (Å²) in [5.74, 6) is -1.63. The molecule has 29 heavy (non-hydrogen) atoms. The van der Waals surface area contributed by atoms with E-state index in [1.165, 1.54) is 34.6 Å². The van der Waals surface area contributed by atoms with Crippen LogP contribution in [-0.2, 0) is 19.1 Å². The maximum Gasteiger partial charge on any atom is 0.344 e. The number of aliphatic hydroxyl groups is 4. The minimum atomic E-state index is -2.49. The van der Waals surface area contributed by atoms with Gasteiger partial charge in [0.15, 0.2) is 0 Å². The summed E-state index contributed by atoms with van der Waals surface area (Å²) in [6.07, 6.45) is 0.388. The summed E-state index contributed by atoms with van der Waals surface area (Å²) in [5, 5.41) is 40.3. The molecule has 0 aromatic rings. The Morgan fingerprint density at radius 1 is 1.24 bits per heavy atom. The Labute approximate surface area is 170 Å². The van der Waals surface area contributed by atoms with Crippen LogP contribution in [0.1, 0.15) is 47.5 Å². The molecule has 0 spiro atoms. The van der Waals surface area contributed by atoms with Crippen molar-refractivity contribution in [3.05, 3.63) is 11.6 Å². The first kappa shape index (κ1) is 23.8. The van der Waals surface area contributed by atoms with Crippen molar-refractivity contribution in [2.45, 2.75) is 82.5 Å². The third-order valence-corrected chi connectivity index (χ3v) is 5.49. The van der Waals surface area contributed by atoms with Crippen LogP contribution in [-0.4, -0.2) is 92.0 Å². The molecule has 0 aliphatic carbocycles. The molecule has 2 heterocycles. The Morgan fingerprint density at radius 2 is 1.86 bits per heavy atom. The van der Waals surface area contributed by atoms with Crippen molar-refractivity contribution in [2.24, 2.45) is 0 Å². The number of hydrogen-bond donors (Lipinski definition) is 4. The number of ether oxygens (including phenoxy) is 2. The van der Waals surface area contributed by atoms with Gasteiger partial charge in [0.05, 0.1) is 24.2 Å². The van der Waals surface area contributed by atoms with Crippen molar-refractivity contribution in [1.82, 2.24) is 4.90 Å². The van der Waals surface area contributed by atoms with Gasteiger partial charge in [-0.15, -0.1) is 0 Å². The van der Waals surface area contributed by atoms with Crippen LogP contribution < -0.4 is 0 Å². The molecule has 0 unspecified atom stereocenters. The first-order valence-electron chi connectivity index (χ1n) is 9.81. The molecule has 4 atom stereocenters. The normalized spacial score (nSPS) is 25.8. The molecule has 0 aromatic heterocycles. The molecule has 166 valence electrons. The molecule has 9 nitrogen and oxygen atoms in total. The maximum absolute atomic E-state index is 12.5. The van der Waals surface area contributed by atoms with Gasteiger partial charge in [0.25, 0.3) is 0 Å². The lowest BCUT2D eigenvalue weighted by Crippen LogP contribution is -2.63. The molecule has 0 aromatic carbocycles. The highest BCUT2D eigenvalue weighted by molar-refractivity contribution is 5.82. The quantitative estimate of drug-likeness (QED) is 0.305. The van der Waals surface area contributed by atoms with E-state index in [-0.39, 0.29) is 19.1 Å². The fourth-order valence-corrected chi connectivity index (χ4v) is 3.88. The van der Waals surface area contributed by atoms with Crippen molar-refractivity contribution in [2.75, 3.05) is 19.7 Å². The predicted octanol–water partition coefficient (Wildman–Crippen LogP) is -0.500. The lowest BCUT2D eigenvalue weighted by atomic mass is 9.81. The number of nitrogens with zero attached hydrogens (tertiary/aromatic N) is 1. The highest BCUT2D eigenvalue weighted by atomic mass is 16.6. The third kappa shape index (κ3) is 5.16. The number of carbonyl (C=O) groups excluding carboxylic acids is 2. The van der Waals surface area contributed by atoms with Crippen LogP contribution in [0.5, 0.6) is 0 Å². The van der Waals surface area contributed by atoms with Crippen molar-refractivity contribution in [3.63, 3.8) is 0 Å². The SMILES string of the molecule is C[C@H](O)[C@@](O)(C(=O)OCC1=CCN2CC[C@@H](OC(=O)CC(C)(C)O)[C@@H]12)C(C)(C)O. The number of carbonyl (C=O) groups is 2. The Hall–Kier alpha value is -1.52. The van der Waals surface area contributed by atoms with E-state index in [0.717, 1.165) is 5.57 Å². The number of hydrogen-bond acceptors (Lipinski definition) is 9. The summed E-state index contributed by atoms with van der Waals surface area (Å²) in [7, 11) is 0. The Morgan fingerprint density at radius 3 is 2.38 bits per heavy atom. The largest absolute Gasteiger partial charge is 0.460 e. The number of aliphatic hydroxyl groups excluding tert-OH is 1. The van der Waals surface area contributed by atoms with Gasteiger partial charge in [0, 0.05) is 13.1 Å². The summed E-state index contributed by atoms with van der Waals surface area (Å²) in [6, 6.07) is -0.254. The minimum absolute atomic E-state index is 0.128. The summed E-state index contributed by atoms with van der Waals surface area (Å²) >= 11 is 0. The van der Waals surface area contributed by atoms with Gasteiger partial charge in [0.1, 0.15) is 18.3 Å². The Balaban J connectivity index is 2.03. The molecule has 0 radical (unpaired) electrons. The Kier molecular flexibility index (Phi) is 6.81. The standard InChI is InChI=1S/C20H33NO8/c1-12(22)20(27,19(4,5)26)17(24)28-11-13-6-8-21-9-7-14(16(13)21)29-15(23)10-18(2,3)25/h6,12,14,16,22,25-27H,7-11H2,1-5H3/t12-,14+,16+,20+/m0/s1. The summed E-state index contributed by atoms with van der Waals surface area (Å²) in [4.78, 5) is 26.7. The molecule has 0 bridgehead atoms. The minimum Gasteiger partial charge on any atom is -0.460 e. The van der Waals surface area contributed by atoms with Crippen LogP contribution in [0.15, 0.2) is 11.6 Å². The molecule has 0 saturated carbocycles. The third-order valence-electron chi connectivity index (χ3n) is 5.49. The van der Waals surface area contributed by atoms with E-state index < -0.39 is 40.9 Å². The predicted molar refractivity (Wildman–Crippen MR) is 103 cm³/mol. The zero-order chi connectivity index (χ0) is 22.2. The van der Waals surface area contributed by atoms with Crippen molar-refractivity contribution in [3.8, 4) is 0 Å². The van der Waals surface area contributed by atoms with E-state index in [2.05, 4.69) is 4.90 Å². The number of esters is 2. The second-order valence-electron chi connectivity index (χ2n) is 9.10. The van der Waals surface area contributed by atoms with Gasteiger partial charge in [0.2, 0.25) is 5.60 Å². The Bertz CT molecular complexity index is 660. The van der Waals surface area contributed by atoms with E-state index >= 15 is 0 Å². The van der Waals surface area contributed by atoms with E-state index in [9.17, 15) is 30.0 Å². The molecule has 9 heteroatoms. The first-order valence-corrected chi connectivity index (χ1v) is 9.81. The molecule has 0 amide bonds. The van der Waals surface area contributed by atoms with Crippen LogP contribution in [0.3, 0.4) is 0 Å². The van der Waals surface area contributed by atoms with Gasteiger partial charge < -0.3 is 29.9 Å². The molecule has 2 aliphatic heterocycles. The summed E-state index contributed by atoms with van der Waals surface area (Å²) in [6.45, 7) is 7.85. The second kappa shape index (κ2) is 8.31. The first-order chi connectivity index (χ1) is 13.2. The molecule has 1 saturated heterocycles. The van der Waals surface area contributed by atoms with Crippen LogP contribution >= 0.6 is 0 Å². The van der Waals surface area contributed by atoms with E-state index in [1.807, 2.05) is 6.08 Å². The average Bonchev–Trinajstić information content (AvgIpc) is 3.12. The van der Waals surface area contributed by atoms with Crippen LogP contribution in [0.4, 0.5) is 0 Å². The van der Waals surface area contributed by atoms with Crippen LogP contribution in [0, 0.1) is 0 Å². The van der Waals surface area contributed by atoms with Gasteiger partial charge in [-0.25, -0.2) is 4.79 Å². The summed E-state index contributed by atoms with van der Waals surface area (Å²) in [5.41, 5.74) is -4.85. The van der Waals surface area contributed by atoms with Crippen molar-refractivity contribution in [1.29, 1.82) is 0 Å². The lowest BCUT2D eigenvalue weighted by Gasteiger charge is -2.38. The fraction of sp³-hybridized carbons (Fsp3) is 0.800. The molecular weight excluding hydrogens is 382 g/mol. The van der Waals surface area contributed by atoms with Crippen LogP contribution in [0.25, 0.3) is 0 Å². The summed E-state index contributed by atoms with van der Waals surface area (Å²) < 4.78 is 10.8. The van der Waals surface area contributed by atoms with Gasteiger partial charge in [-0.05, 0) is 46.6 Å². The lowest BCUT2D eigenvalue weighted by molar-refractivity contribution is -0.213. The molecule has 2 rings (SSSR count). The zero-order valence-corrected chi connectivity index (χ0v) is 17.7. The van der Waals surface area contributed by atoms with Gasteiger partial charge >= 0.3 is 11.9 Å². The average molecular weight is 415 g/mol. The van der Waals surface area contributed by atoms with Gasteiger partial charge in [-0.1, -0.05) is 6.08 Å².